The lowest BCUT2D eigenvalue weighted by molar-refractivity contribution is 0.102. The van der Waals surface area contributed by atoms with Crippen LogP contribution in [0.2, 0.25) is 0 Å². The third kappa shape index (κ3) is 4.52. The maximum absolute atomic E-state index is 12.8. The molecule has 3 aromatic rings. The first-order valence-corrected chi connectivity index (χ1v) is 9.26. The average Bonchev–Trinajstić information content (AvgIpc) is 2.63. The zero-order valence-corrected chi connectivity index (χ0v) is 15.3. The van der Waals surface area contributed by atoms with Crippen molar-refractivity contribution in [3.8, 4) is 0 Å². The van der Waals surface area contributed by atoms with E-state index in [2.05, 4.69) is 23.5 Å². The molecule has 0 unspecified atom stereocenters. The number of thioether (sulfide) groups is 1. The van der Waals surface area contributed by atoms with Gasteiger partial charge in [0.05, 0.1) is 5.56 Å². The summed E-state index contributed by atoms with van der Waals surface area (Å²) in [5.74, 6) is 0.775. The van der Waals surface area contributed by atoms with E-state index in [4.69, 9.17) is 0 Å². The van der Waals surface area contributed by atoms with E-state index in [1.807, 2.05) is 68.4 Å². The highest BCUT2D eigenvalue weighted by atomic mass is 32.2. The highest BCUT2D eigenvalue weighted by Gasteiger charge is 2.12. The van der Waals surface area contributed by atoms with Crippen molar-refractivity contribution in [1.82, 2.24) is 0 Å². The molecule has 0 saturated heterocycles. The van der Waals surface area contributed by atoms with Gasteiger partial charge in [-0.1, -0.05) is 60.2 Å². The van der Waals surface area contributed by atoms with Gasteiger partial charge < -0.3 is 5.32 Å². The van der Waals surface area contributed by atoms with Crippen LogP contribution in [0.15, 0.2) is 77.7 Å². The second-order valence-electron chi connectivity index (χ2n) is 6.04. The van der Waals surface area contributed by atoms with Crippen molar-refractivity contribution in [3.63, 3.8) is 0 Å². The Morgan fingerprint density at radius 1 is 0.920 bits per heavy atom. The molecule has 3 heteroatoms. The fourth-order valence-electron chi connectivity index (χ4n) is 2.66. The van der Waals surface area contributed by atoms with E-state index in [0.29, 0.717) is 5.56 Å². The predicted octanol–water partition coefficient (Wildman–Crippen LogP) is 5.85. The minimum Gasteiger partial charge on any atom is -0.322 e. The third-order valence-corrected chi connectivity index (χ3v) is 5.14. The number of benzene rings is 3. The van der Waals surface area contributed by atoms with Crippen LogP contribution in [0.4, 0.5) is 5.69 Å². The summed E-state index contributed by atoms with van der Waals surface area (Å²) in [7, 11) is 0. The fraction of sp³-hybridized carbons (Fsp3) is 0.136. The molecular formula is C22H21NOS. The lowest BCUT2D eigenvalue weighted by Gasteiger charge is -2.12. The first-order valence-electron chi connectivity index (χ1n) is 8.28. The Hall–Kier alpha value is -2.52. The lowest BCUT2D eigenvalue weighted by atomic mass is 10.1. The number of carbonyl (C=O) groups is 1. The summed E-state index contributed by atoms with van der Waals surface area (Å²) in [6, 6.07) is 24.1. The van der Waals surface area contributed by atoms with Crippen molar-refractivity contribution in [2.75, 3.05) is 5.32 Å². The number of hydrogen-bond donors (Lipinski definition) is 1. The third-order valence-electron chi connectivity index (χ3n) is 4.00. The molecule has 0 bridgehead atoms. The van der Waals surface area contributed by atoms with Gasteiger partial charge in [-0.15, -0.1) is 11.8 Å². The van der Waals surface area contributed by atoms with Gasteiger partial charge >= 0.3 is 0 Å². The minimum absolute atomic E-state index is 0.0666. The first kappa shape index (κ1) is 17.3. The van der Waals surface area contributed by atoms with Crippen LogP contribution in [0.1, 0.15) is 27.0 Å². The van der Waals surface area contributed by atoms with E-state index in [9.17, 15) is 4.79 Å². The Bertz CT molecular complexity index is 874. The molecule has 0 atom stereocenters. The highest BCUT2D eigenvalue weighted by Crippen LogP contribution is 2.27. The van der Waals surface area contributed by atoms with Gasteiger partial charge in [-0.2, -0.15) is 0 Å². The Morgan fingerprint density at radius 2 is 1.64 bits per heavy atom. The summed E-state index contributed by atoms with van der Waals surface area (Å²) in [5.41, 5.74) is 5.08. The second kappa shape index (κ2) is 8.04. The van der Waals surface area contributed by atoms with E-state index >= 15 is 0 Å². The summed E-state index contributed by atoms with van der Waals surface area (Å²) in [5, 5.41) is 3.04. The first-order chi connectivity index (χ1) is 12.1. The van der Waals surface area contributed by atoms with E-state index < -0.39 is 0 Å². The van der Waals surface area contributed by atoms with Crippen LogP contribution in [0.25, 0.3) is 0 Å². The zero-order valence-electron chi connectivity index (χ0n) is 14.5. The molecule has 3 rings (SSSR count). The number of rotatable bonds is 5. The maximum atomic E-state index is 12.8. The Morgan fingerprint density at radius 3 is 2.40 bits per heavy atom. The standard InChI is InChI=1S/C22H21NOS/c1-16-12-13-20(17(2)14-16)23-22(24)19-10-6-7-11-21(19)25-15-18-8-4-3-5-9-18/h3-14H,15H2,1-2H3,(H,23,24). The fourth-order valence-corrected chi connectivity index (χ4v) is 3.66. The molecule has 0 fully saturated rings. The molecule has 0 aromatic heterocycles. The molecule has 0 aliphatic carbocycles. The zero-order chi connectivity index (χ0) is 17.6. The number of carbonyl (C=O) groups excluding carboxylic acids is 1. The maximum Gasteiger partial charge on any atom is 0.256 e. The number of hydrogen-bond acceptors (Lipinski definition) is 2. The van der Waals surface area contributed by atoms with E-state index in [1.54, 1.807) is 11.8 Å². The van der Waals surface area contributed by atoms with Gasteiger partial charge in [0.15, 0.2) is 0 Å². The lowest BCUT2D eigenvalue weighted by Crippen LogP contribution is -2.13. The molecular weight excluding hydrogens is 326 g/mol. The molecule has 0 spiro atoms. The van der Waals surface area contributed by atoms with Crippen molar-refractivity contribution < 1.29 is 4.79 Å². The molecule has 0 aliphatic rings. The predicted molar refractivity (Wildman–Crippen MR) is 106 cm³/mol. The van der Waals surface area contributed by atoms with E-state index in [0.717, 1.165) is 21.9 Å². The Labute approximate surface area is 153 Å². The molecule has 0 heterocycles. The number of nitrogens with one attached hydrogen (secondary N) is 1. The van der Waals surface area contributed by atoms with Crippen molar-refractivity contribution in [1.29, 1.82) is 0 Å². The van der Waals surface area contributed by atoms with Gasteiger partial charge in [-0.3, -0.25) is 4.79 Å². The Kier molecular flexibility index (Phi) is 5.56. The normalized spacial score (nSPS) is 10.5. The summed E-state index contributed by atoms with van der Waals surface area (Å²) in [6.07, 6.45) is 0. The monoisotopic (exact) mass is 347 g/mol. The Balaban J connectivity index is 1.76. The number of amides is 1. The van der Waals surface area contributed by atoms with E-state index in [-0.39, 0.29) is 5.91 Å². The largest absolute Gasteiger partial charge is 0.322 e. The topological polar surface area (TPSA) is 29.1 Å². The summed E-state index contributed by atoms with van der Waals surface area (Å²) in [4.78, 5) is 13.8. The van der Waals surface area contributed by atoms with Gasteiger partial charge in [-0.05, 0) is 43.2 Å². The molecule has 0 aliphatic heterocycles. The van der Waals surface area contributed by atoms with Crippen LogP contribution >= 0.6 is 11.8 Å². The summed E-state index contributed by atoms with van der Waals surface area (Å²) < 4.78 is 0. The molecule has 0 radical (unpaired) electrons. The smallest absolute Gasteiger partial charge is 0.256 e. The second-order valence-corrected chi connectivity index (χ2v) is 7.06. The highest BCUT2D eigenvalue weighted by molar-refractivity contribution is 7.98. The van der Waals surface area contributed by atoms with Gasteiger partial charge in [0.1, 0.15) is 0 Å². The number of aryl methyl sites for hydroxylation is 2. The summed E-state index contributed by atoms with van der Waals surface area (Å²) >= 11 is 1.68. The minimum atomic E-state index is -0.0666. The molecule has 2 nitrogen and oxygen atoms in total. The van der Waals surface area contributed by atoms with Gasteiger partial charge in [-0.25, -0.2) is 0 Å². The van der Waals surface area contributed by atoms with Crippen molar-refractivity contribution in [2.45, 2.75) is 24.5 Å². The SMILES string of the molecule is Cc1ccc(NC(=O)c2ccccc2SCc2ccccc2)c(C)c1. The molecule has 25 heavy (non-hydrogen) atoms. The molecule has 0 saturated carbocycles. The van der Waals surface area contributed by atoms with Crippen molar-refractivity contribution in [2.24, 2.45) is 0 Å². The van der Waals surface area contributed by atoms with E-state index in [1.165, 1.54) is 11.1 Å². The average molecular weight is 347 g/mol. The van der Waals surface area contributed by atoms with Crippen molar-refractivity contribution in [3.05, 3.63) is 95.1 Å². The van der Waals surface area contributed by atoms with Crippen LogP contribution in [-0.4, -0.2) is 5.91 Å². The van der Waals surface area contributed by atoms with Crippen LogP contribution < -0.4 is 5.32 Å². The van der Waals surface area contributed by atoms with Gasteiger partial charge in [0.25, 0.3) is 5.91 Å². The molecule has 3 aromatic carbocycles. The van der Waals surface area contributed by atoms with Crippen LogP contribution in [-0.2, 0) is 5.75 Å². The molecule has 126 valence electrons. The number of anilines is 1. The van der Waals surface area contributed by atoms with Gasteiger partial charge in [0.2, 0.25) is 0 Å². The van der Waals surface area contributed by atoms with Gasteiger partial charge in [0, 0.05) is 16.3 Å². The molecule has 1 amide bonds. The van der Waals surface area contributed by atoms with Crippen LogP contribution in [0.5, 0.6) is 0 Å². The van der Waals surface area contributed by atoms with Crippen LogP contribution in [0.3, 0.4) is 0 Å². The van der Waals surface area contributed by atoms with Crippen LogP contribution in [0, 0.1) is 13.8 Å². The summed E-state index contributed by atoms with van der Waals surface area (Å²) in [6.45, 7) is 4.06. The quantitative estimate of drug-likeness (QED) is 0.587. The van der Waals surface area contributed by atoms with Crippen molar-refractivity contribution >= 4 is 23.4 Å². The molecule has 1 N–H and O–H groups in total.